The van der Waals surface area contributed by atoms with E-state index in [0.717, 1.165) is 19.3 Å². The van der Waals surface area contributed by atoms with Gasteiger partial charge in [-0.05, 0) is 25.3 Å². The number of hydrogen-bond acceptors (Lipinski definition) is 7. The topological polar surface area (TPSA) is 181 Å². The number of fused-ring (bicyclic) bond motifs is 1. The first kappa shape index (κ1) is 22.2. The average Bonchev–Trinajstić information content (AvgIpc) is 3.04. The van der Waals surface area contributed by atoms with E-state index in [0.29, 0.717) is 30.2 Å². The van der Waals surface area contributed by atoms with Crippen LogP contribution in [0.5, 0.6) is 0 Å². The van der Waals surface area contributed by atoms with Crippen molar-refractivity contribution in [1.29, 1.82) is 0 Å². The highest BCUT2D eigenvalue weighted by atomic mass is 16.4. The number of rotatable bonds is 12. The van der Waals surface area contributed by atoms with E-state index in [1.54, 1.807) is 17.3 Å². The summed E-state index contributed by atoms with van der Waals surface area (Å²) in [5.74, 6) is -1.75. The van der Waals surface area contributed by atoms with Gasteiger partial charge in [0.1, 0.15) is 17.7 Å². The largest absolute Gasteiger partial charge is 0.481 e. The Morgan fingerprint density at radius 3 is 2.62 bits per heavy atom. The number of H-pyrrole nitrogens is 1. The Morgan fingerprint density at radius 1 is 1.21 bits per heavy atom. The van der Waals surface area contributed by atoms with E-state index in [9.17, 15) is 19.5 Å². The quantitative estimate of drug-likeness (QED) is 0.276. The third kappa shape index (κ3) is 6.79. The van der Waals surface area contributed by atoms with Crippen LogP contribution < -0.4 is 11.1 Å². The number of aliphatic imine (C=N–C) groups is 1. The molecule has 1 aromatic rings. The van der Waals surface area contributed by atoms with E-state index >= 15 is 0 Å². The first-order valence-corrected chi connectivity index (χ1v) is 9.48. The average molecular weight is 409 g/mol. The predicted octanol–water partition coefficient (Wildman–Crippen LogP) is 0.948. The number of nitrogens with zero attached hydrogens (tertiary/aromatic N) is 2. The number of carbonyl (C=O) groups excluding carboxylic acids is 1. The predicted molar refractivity (Wildman–Crippen MR) is 105 cm³/mol. The maximum atomic E-state index is 11.9. The second-order valence-electron chi connectivity index (χ2n) is 6.94. The van der Waals surface area contributed by atoms with Gasteiger partial charge in [-0.15, -0.1) is 0 Å². The van der Waals surface area contributed by atoms with Gasteiger partial charge < -0.3 is 36.3 Å². The van der Waals surface area contributed by atoms with Gasteiger partial charge in [0.05, 0.1) is 6.34 Å². The molecule has 2 rings (SSSR count). The number of anilines is 1. The smallest absolute Gasteiger partial charge is 0.326 e. The number of aliphatic hydroxyl groups is 1. The fraction of sp³-hybridized carbons (Fsp3) is 0.556. The summed E-state index contributed by atoms with van der Waals surface area (Å²) in [7, 11) is 0. The molecule has 0 radical (unpaired) electrons. The van der Waals surface area contributed by atoms with E-state index in [1.807, 2.05) is 0 Å². The number of aromatic nitrogens is 1. The van der Waals surface area contributed by atoms with Gasteiger partial charge in [-0.2, -0.15) is 0 Å². The van der Waals surface area contributed by atoms with Crippen molar-refractivity contribution in [3.8, 4) is 0 Å². The minimum absolute atomic E-state index is 0.148. The summed E-state index contributed by atoms with van der Waals surface area (Å²) in [6.07, 6.45) is 3.45. The molecule has 1 unspecified atom stereocenters. The number of hydrogen-bond donors (Lipinski definition) is 6. The van der Waals surface area contributed by atoms with Crippen molar-refractivity contribution in [2.45, 2.75) is 57.2 Å². The Morgan fingerprint density at radius 2 is 1.93 bits per heavy atom. The molecule has 0 saturated carbocycles. The van der Waals surface area contributed by atoms with E-state index in [2.05, 4.69) is 15.3 Å². The number of amides is 1. The number of aliphatic carboxylic acids is 2. The fourth-order valence-electron chi connectivity index (χ4n) is 3.06. The van der Waals surface area contributed by atoms with Crippen molar-refractivity contribution in [3.05, 3.63) is 11.6 Å². The van der Waals surface area contributed by atoms with Gasteiger partial charge in [0.15, 0.2) is 6.23 Å². The van der Waals surface area contributed by atoms with Crippen LogP contribution in [-0.2, 0) is 14.4 Å². The first-order valence-electron chi connectivity index (χ1n) is 9.48. The lowest BCUT2D eigenvalue weighted by molar-refractivity contribution is -0.143. The number of nitrogen functional groups attached to an aromatic ring is 1. The molecule has 0 fully saturated rings. The SMILES string of the molecule is Nc1cc2c([nH]1)N=CN(CCCCCCC(=O)N[C@@H](CCC(=O)O)C(=O)O)C2O. The molecule has 1 aromatic heterocycles. The van der Waals surface area contributed by atoms with Crippen LogP contribution in [0.1, 0.15) is 56.7 Å². The molecule has 0 saturated heterocycles. The number of aromatic amines is 1. The van der Waals surface area contributed by atoms with Gasteiger partial charge in [0, 0.05) is 24.9 Å². The fourth-order valence-corrected chi connectivity index (χ4v) is 3.06. The molecule has 1 aliphatic heterocycles. The number of nitrogens with two attached hydrogens (primary N) is 1. The van der Waals surface area contributed by atoms with Crippen LogP contribution in [0.25, 0.3) is 0 Å². The molecule has 2 heterocycles. The lowest BCUT2D eigenvalue weighted by Gasteiger charge is -2.28. The summed E-state index contributed by atoms with van der Waals surface area (Å²) >= 11 is 0. The van der Waals surface area contributed by atoms with Gasteiger partial charge in [-0.3, -0.25) is 9.59 Å². The summed E-state index contributed by atoms with van der Waals surface area (Å²) in [5, 5.41) is 30.4. The molecule has 2 atom stereocenters. The van der Waals surface area contributed by atoms with Gasteiger partial charge in [-0.25, -0.2) is 9.79 Å². The Labute approximate surface area is 167 Å². The van der Waals surface area contributed by atoms with Crippen LogP contribution in [0, 0.1) is 0 Å². The van der Waals surface area contributed by atoms with Crippen LogP contribution in [0.2, 0.25) is 0 Å². The summed E-state index contributed by atoms with van der Waals surface area (Å²) in [5.41, 5.74) is 6.31. The molecule has 0 aliphatic carbocycles. The zero-order chi connectivity index (χ0) is 21.4. The molecule has 1 aliphatic rings. The number of carboxylic acids is 2. The van der Waals surface area contributed by atoms with Crippen molar-refractivity contribution >= 4 is 35.8 Å². The summed E-state index contributed by atoms with van der Waals surface area (Å²) in [6.45, 7) is 0.595. The van der Waals surface area contributed by atoms with Crippen LogP contribution in [-0.4, -0.2) is 62.0 Å². The second-order valence-corrected chi connectivity index (χ2v) is 6.94. The first-order chi connectivity index (χ1) is 13.8. The molecular formula is C18H27N5O6. The Bertz CT molecular complexity index is 762. The van der Waals surface area contributed by atoms with Crippen LogP contribution in [0.4, 0.5) is 11.6 Å². The molecule has 11 heteroatoms. The van der Waals surface area contributed by atoms with Crippen molar-refractivity contribution < 1.29 is 29.7 Å². The number of unbranched alkanes of at least 4 members (excludes halogenated alkanes) is 3. The Balaban J connectivity index is 1.61. The summed E-state index contributed by atoms with van der Waals surface area (Å²) in [4.78, 5) is 42.3. The van der Waals surface area contributed by atoms with E-state index < -0.39 is 30.1 Å². The number of aliphatic hydroxyl groups excluding tert-OH is 1. The Hall–Kier alpha value is -3.08. The summed E-state index contributed by atoms with van der Waals surface area (Å²) < 4.78 is 0. The normalized spacial score (nSPS) is 16.3. The highest BCUT2D eigenvalue weighted by Crippen LogP contribution is 2.32. The van der Waals surface area contributed by atoms with Gasteiger partial charge >= 0.3 is 11.9 Å². The zero-order valence-corrected chi connectivity index (χ0v) is 16.0. The minimum atomic E-state index is -1.24. The third-order valence-corrected chi connectivity index (χ3v) is 4.62. The van der Waals surface area contributed by atoms with Gasteiger partial charge in [0.25, 0.3) is 0 Å². The molecule has 0 spiro atoms. The lowest BCUT2D eigenvalue weighted by Crippen LogP contribution is -2.41. The molecule has 0 aromatic carbocycles. The van der Waals surface area contributed by atoms with Crippen molar-refractivity contribution in [2.75, 3.05) is 12.3 Å². The zero-order valence-electron chi connectivity index (χ0n) is 16.0. The highest BCUT2D eigenvalue weighted by molar-refractivity contribution is 5.83. The maximum absolute atomic E-state index is 11.9. The molecule has 29 heavy (non-hydrogen) atoms. The monoisotopic (exact) mass is 409 g/mol. The second kappa shape index (κ2) is 10.5. The van der Waals surface area contributed by atoms with Crippen LogP contribution >= 0.6 is 0 Å². The van der Waals surface area contributed by atoms with E-state index in [-0.39, 0.29) is 19.3 Å². The number of carbonyl (C=O) groups is 3. The van der Waals surface area contributed by atoms with Crippen molar-refractivity contribution in [2.24, 2.45) is 4.99 Å². The van der Waals surface area contributed by atoms with E-state index in [1.165, 1.54) is 0 Å². The summed E-state index contributed by atoms with van der Waals surface area (Å²) in [6, 6.07) is 0.467. The molecule has 0 bridgehead atoms. The van der Waals surface area contributed by atoms with Crippen LogP contribution in [0.3, 0.4) is 0 Å². The highest BCUT2D eigenvalue weighted by Gasteiger charge is 2.24. The molecule has 11 nitrogen and oxygen atoms in total. The van der Waals surface area contributed by atoms with Crippen LogP contribution in [0.15, 0.2) is 11.1 Å². The number of nitrogens with one attached hydrogen (secondary N) is 2. The third-order valence-electron chi connectivity index (χ3n) is 4.62. The number of carboxylic acid groups (broad SMARTS) is 2. The molecule has 1 amide bonds. The standard InChI is InChI=1S/C18H27N5O6/c19-13-9-11-16(22-13)20-10-23(17(11)27)8-4-2-1-3-5-14(24)21-12(18(28)29)6-7-15(25)26/h9-10,12,17,22,27H,1-8,19H2,(H,21,24)(H,25,26)(H,28,29)/t12-,17?/m0/s1. The maximum Gasteiger partial charge on any atom is 0.326 e. The van der Waals surface area contributed by atoms with Gasteiger partial charge in [-0.1, -0.05) is 12.8 Å². The van der Waals surface area contributed by atoms with Crippen molar-refractivity contribution in [3.63, 3.8) is 0 Å². The lowest BCUT2D eigenvalue weighted by atomic mass is 10.1. The van der Waals surface area contributed by atoms with E-state index in [4.69, 9.17) is 15.9 Å². The Kier molecular flexibility index (Phi) is 8.01. The molecular weight excluding hydrogens is 382 g/mol. The van der Waals surface area contributed by atoms with Crippen molar-refractivity contribution in [1.82, 2.24) is 15.2 Å². The molecule has 160 valence electrons. The molecule has 7 N–H and O–H groups in total. The minimum Gasteiger partial charge on any atom is -0.481 e. The van der Waals surface area contributed by atoms with Gasteiger partial charge in [0.2, 0.25) is 5.91 Å².